The molecular formula is C16H21NO2S. The third-order valence-corrected chi connectivity index (χ3v) is 4.30. The molecule has 4 heteroatoms. The summed E-state index contributed by atoms with van der Waals surface area (Å²) >= 11 is 0. The first-order chi connectivity index (χ1) is 9.69. The molecule has 2 rings (SSSR count). The van der Waals surface area contributed by atoms with Crippen molar-refractivity contribution in [3.8, 4) is 0 Å². The Hall–Kier alpha value is -1.39. The van der Waals surface area contributed by atoms with Crippen molar-refractivity contribution in [2.45, 2.75) is 37.5 Å². The van der Waals surface area contributed by atoms with Crippen LogP contribution in [-0.4, -0.2) is 10.8 Å². The monoisotopic (exact) mass is 291 g/mol. The Morgan fingerprint density at radius 1 is 1.20 bits per heavy atom. The highest BCUT2D eigenvalue weighted by Crippen LogP contribution is 2.16. The lowest BCUT2D eigenvalue weighted by molar-refractivity contribution is 0.458. The van der Waals surface area contributed by atoms with Gasteiger partial charge in [0.25, 0.3) is 0 Å². The summed E-state index contributed by atoms with van der Waals surface area (Å²) < 4.78 is 18.0. The number of benzene rings is 1. The minimum absolute atomic E-state index is 0.428. The molecule has 1 N–H and O–H groups in total. The second-order valence-electron chi connectivity index (χ2n) is 4.85. The molecule has 0 aliphatic carbocycles. The number of nitrogens with one attached hydrogen (secondary N) is 1. The van der Waals surface area contributed by atoms with Gasteiger partial charge in [-0.1, -0.05) is 19.1 Å². The Labute approximate surface area is 122 Å². The van der Waals surface area contributed by atoms with Gasteiger partial charge in [-0.3, -0.25) is 4.21 Å². The molecule has 20 heavy (non-hydrogen) atoms. The van der Waals surface area contributed by atoms with Crippen LogP contribution >= 0.6 is 0 Å². The van der Waals surface area contributed by atoms with Gasteiger partial charge >= 0.3 is 0 Å². The number of hydrogen-bond acceptors (Lipinski definition) is 3. The molecule has 108 valence electrons. The van der Waals surface area contributed by atoms with Crippen molar-refractivity contribution in [3.05, 3.63) is 53.5 Å². The Balaban J connectivity index is 1.94. The van der Waals surface area contributed by atoms with Gasteiger partial charge in [0.05, 0.1) is 23.1 Å². The molecule has 0 radical (unpaired) electrons. The molecule has 3 nitrogen and oxygen atoms in total. The van der Waals surface area contributed by atoms with Crippen molar-refractivity contribution in [2.75, 3.05) is 6.54 Å². The molecule has 0 aliphatic rings. The smallest absolute Gasteiger partial charge is 0.118 e. The first-order valence-corrected chi connectivity index (χ1v) is 8.24. The number of aryl methyl sites for hydroxylation is 1. The molecule has 0 amide bonds. The van der Waals surface area contributed by atoms with Crippen molar-refractivity contribution in [1.29, 1.82) is 0 Å². The fourth-order valence-corrected chi connectivity index (χ4v) is 3.08. The summed E-state index contributed by atoms with van der Waals surface area (Å²) in [6.45, 7) is 5.84. The maximum atomic E-state index is 12.3. The molecule has 0 spiro atoms. The molecular weight excluding hydrogens is 270 g/mol. The van der Waals surface area contributed by atoms with Crippen LogP contribution in [0.15, 0.2) is 45.7 Å². The highest BCUT2D eigenvalue weighted by Gasteiger charge is 2.09. The van der Waals surface area contributed by atoms with Gasteiger partial charge in [0, 0.05) is 4.90 Å². The largest absolute Gasteiger partial charge is 0.464 e. The maximum absolute atomic E-state index is 12.3. The van der Waals surface area contributed by atoms with E-state index < -0.39 is 10.8 Å². The van der Waals surface area contributed by atoms with Crippen LogP contribution in [0.2, 0.25) is 0 Å². The maximum Gasteiger partial charge on any atom is 0.118 e. The predicted octanol–water partition coefficient (Wildman–Crippen LogP) is 3.40. The molecule has 0 fully saturated rings. The number of rotatable bonds is 7. The van der Waals surface area contributed by atoms with E-state index >= 15 is 0 Å². The van der Waals surface area contributed by atoms with Crippen LogP contribution in [0.4, 0.5) is 0 Å². The second-order valence-corrected chi connectivity index (χ2v) is 6.30. The summed E-state index contributed by atoms with van der Waals surface area (Å²) in [5.74, 6) is 2.10. The summed E-state index contributed by atoms with van der Waals surface area (Å²) in [4.78, 5) is 0.854. The zero-order chi connectivity index (χ0) is 14.4. The Bertz CT molecular complexity index is 577. The molecule has 0 aliphatic heterocycles. The lowest BCUT2D eigenvalue weighted by atomic mass is 10.2. The average molecular weight is 291 g/mol. The summed E-state index contributed by atoms with van der Waals surface area (Å²) in [5.41, 5.74) is 1.12. The van der Waals surface area contributed by atoms with Crippen molar-refractivity contribution in [3.63, 3.8) is 0 Å². The lowest BCUT2D eigenvalue weighted by Gasteiger charge is -2.02. The van der Waals surface area contributed by atoms with Crippen LogP contribution in [0.3, 0.4) is 0 Å². The third kappa shape index (κ3) is 4.32. The summed E-state index contributed by atoms with van der Waals surface area (Å²) in [6.07, 6.45) is 1.10. The van der Waals surface area contributed by atoms with Crippen LogP contribution in [0.25, 0.3) is 0 Å². The van der Waals surface area contributed by atoms with Crippen molar-refractivity contribution in [1.82, 2.24) is 5.32 Å². The van der Waals surface area contributed by atoms with Crippen LogP contribution in [-0.2, 0) is 23.1 Å². The van der Waals surface area contributed by atoms with Gasteiger partial charge in [0.15, 0.2) is 0 Å². The molecule has 1 atom stereocenters. The molecule has 0 saturated carbocycles. The van der Waals surface area contributed by atoms with Gasteiger partial charge in [-0.15, -0.1) is 0 Å². The number of hydrogen-bond donors (Lipinski definition) is 1. The van der Waals surface area contributed by atoms with Crippen LogP contribution in [0.5, 0.6) is 0 Å². The molecule has 1 heterocycles. The molecule has 2 aromatic rings. The zero-order valence-corrected chi connectivity index (χ0v) is 12.8. The first kappa shape index (κ1) is 15.0. The normalized spacial score (nSPS) is 12.5. The van der Waals surface area contributed by atoms with Gasteiger partial charge in [0.2, 0.25) is 0 Å². The van der Waals surface area contributed by atoms with Gasteiger partial charge < -0.3 is 9.73 Å². The minimum atomic E-state index is -1.05. The zero-order valence-electron chi connectivity index (χ0n) is 12.0. The highest BCUT2D eigenvalue weighted by molar-refractivity contribution is 7.84. The Morgan fingerprint density at radius 3 is 2.75 bits per heavy atom. The van der Waals surface area contributed by atoms with E-state index in [2.05, 4.69) is 12.2 Å². The fourth-order valence-electron chi connectivity index (χ4n) is 1.95. The predicted molar refractivity (Wildman–Crippen MR) is 82.0 cm³/mol. The Kier molecular flexibility index (Phi) is 5.56. The van der Waals surface area contributed by atoms with Crippen molar-refractivity contribution >= 4 is 10.8 Å². The Morgan fingerprint density at radius 2 is 2.00 bits per heavy atom. The van der Waals surface area contributed by atoms with Gasteiger partial charge in [-0.2, -0.15) is 0 Å². The van der Waals surface area contributed by atoms with Gasteiger partial charge in [-0.25, -0.2) is 0 Å². The minimum Gasteiger partial charge on any atom is -0.464 e. The van der Waals surface area contributed by atoms with Crippen molar-refractivity contribution in [2.24, 2.45) is 0 Å². The van der Waals surface area contributed by atoms with Crippen LogP contribution in [0, 0.1) is 6.92 Å². The summed E-state index contributed by atoms with van der Waals surface area (Å²) in [7, 11) is -1.05. The van der Waals surface area contributed by atoms with Crippen LogP contribution < -0.4 is 5.32 Å². The summed E-state index contributed by atoms with van der Waals surface area (Å²) in [6, 6.07) is 11.7. The van der Waals surface area contributed by atoms with E-state index in [4.69, 9.17) is 4.42 Å². The first-order valence-electron chi connectivity index (χ1n) is 6.92. The van der Waals surface area contributed by atoms with Gasteiger partial charge in [-0.05, 0) is 49.7 Å². The van der Waals surface area contributed by atoms with Gasteiger partial charge in [0.1, 0.15) is 11.5 Å². The van der Waals surface area contributed by atoms with E-state index in [9.17, 15) is 4.21 Å². The van der Waals surface area contributed by atoms with E-state index in [1.54, 1.807) is 0 Å². The van der Waals surface area contributed by atoms with Crippen molar-refractivity contribution < 1.29 is 8.63 Å². The second kappa shape index (κ2) is 7.41. The molecule has 1 aromatic carbocycles. The fraction of sp³-hybridized carbons (Fsp3) is 0.375. The molecule has 1 aromatic heterocycles. The highest BCUT2D eigenvalue weighted by atomic mass is 32.2. The quantitative estimate of drug-likeness (QED) is 0.795. The summed E-state index contributed by atoms with van der Waals surface area (Å²) in [5, 5.41) is 3.29. The third-order valence-electron chi connectivity index (χ3n) is 2.97. The van der Waals surface area contributed by atoms with E-state index in [0.29, 0.717) is 5.75 Å². The number of furan rings is 1. The lowest BCUT2D eigenvalue weighted by Crippen LogP contribution is -2.13. The SMILES string of the molecule is CCCNCc1ccc(CS(=O)c2cccc(C)c2)o1. The van der Waals surface area contributed by atoms with E-state index in [1.807, 2.05) is 43.3 Å². The van der Waals surface area contributed by atoms with E-state index in [0.717, 1.165) is 41.5 Å². The van der Waals surface area contributed by atoms with Crippen LogP contribution in [0.1, 0.15) is 30.4 Å². The standard InChI is InChI=1S/C16H21NO2S/c1-3-9-17-11-14-7-8-15(19-14)12-20(18)16-6-4-5-13(2)10-16/h4-8,10,17H,3,9,11-12H2,1-2H3. The molecule has 1 unspecified atom stereocenters. The van der Waals surface area contributed by atoms with E-state index in [-0.39, 0.29) is 0 Å². The topological polar surface area (TPSA) is 42.2 Å². The molecule has 0 saturated heterocycles. The average Bonchev–Trinajstić information content (AvgIpc) is 2.86. The van der Waals surface area contributed by atoms with E-state index in [1.165, 1.54) is 0 Å². The molecule has 0 bridgehead atoms.